The highest BCUT2D eigenvalue weighted by atomic mass is 16.5. The van der Waals surface area contributed by atoms with E-state index in [0.717, 1.165) is 5.56 Å². The first-order valence-corrected chi connectivity index (χ1v) is 4.63. The number of carbonyl (C=O) groups is 1. The van der Waals surface area contributed by atoms with Crippen LogP contribution in [0.2, 0.25) is 0 Å². The molecule has 1 aliphatic rings. The van der Waals surface area contributed by atoms with Gasteiger partial charge >= 0.3 is 0 Å². The van der Waals surface area contributed by atoms with E-state index in [1.165, 1.54) is 0 Å². The van der Waals surface area contributed by atoms with Gasteiger partial charge in [-0.1, -0.05) is 12.1 Å². The zero-order chi connectivity index (χ0) is 10.8. The fraction of sp³-hybridized carbons (Fsp3) is 0.273. The molecule has 2 N–H and O–H groups in total. The topological polar surface area (TPSA) is 76.1 Å². The highest BCUT2D eigenvalue weighted by Crippen LogP contribution is 2.30. The number of nitrogens with zero attached hydrogens (tertiary/aromatic N) is 1. The first-order valence-electron chi connectivity index (χ1n) is 4.63. The quantitative estimate of drug-likeness (QED) is 0.759. The maximum Gasteiger partial charge on any atom is 0.247 e. The molecule has 15 heavy (non-hydrogen) atoms. The van der Waals surface area contributed by atoms with Crippen molar-refractivity contribution in [2.45, 2.75) is 12.0 Å². The van der Waals surface area contributed by atoms with Crippen LogP contribution >= 0.6 is 0 Å². The van der Waals surface area contributed by atoms with Crippen LogP contribution in [0.1, 0.15) is 17.0 Å². The molecule has 1 aromatic rings. The minimum atomic E-state index is -0.516. The van der Waals surface area contributed by atoms with Gasteiger partial charge in [0, 0.05) is 5.92 Å². The monoisotopic (exact) mass is 202 g/mol. The number of hydrogen-bond donors (Lipinski definition) is 1. The van der Waals surface area contributed by atoms with E-state index in [2.05, 4.69) is 0 Å². The second-order valence-corrected chi connectivity index (χ2v) is 3.50. The van der Waals surface area contributed by atoms with E-state index in [-0.39, 0.29) is 5.92 Å². The molecule has 1 aromatic carbocycles. The van der Waals surface area contributed by atoms with Crippen LogP contribution in [-0.4, -0.2) is 18.6 Å². The van der Waals surface area contributed by atoms with Crippen LogP contribution in [0.25, 0.3) is 0 Å². The molecule has 4 heteroatoms. The van der Waals surface area contributed by atoms with Crippen molar-refractivity contribution in [1.82, 2.24) is 0 Å². The molecule has 1 heterocycles. The SMILES string of the molecule is N#Cc1ccc(C2COC2C(N)=O)cc1. The van der Waals surface area contributed by atoms with Gasteiger partial charge in [0.05, 0.1) is 18.2 Å². The Hall–Kier alpha value is -1.86. The van der Waals surface area contributed by atoms with Gasteiger partial charge in [-0.25, -0.2) is 0 Å². The Morgan fingerprint density at radius 2 is 2.13 bits per heavy atom. The lowest BCUT2D eigenvalue weighted by molar-refractivity contribution is -0.146. The molecule has 1 aliphatic heterocycles. The van der Waals surface area contributed by atoms with Gasteiger partial charge < -0.3 is 10.5 Å². The molecule has 0 saturated carbocycles. The number of ether oxygens (including phenoxy) is 1. The Labute approximate surface area is 87.3 Å². The summed E-state index contributed by atoms with van der Waals surface area (Å²) in [7, 11) is 0. The number of carbonyl (C=O) groups excluding carboxylic acids is 1. The normalized spacial score (nSPS) is 23.9. The van der Waals surface area contributed by atoms with Crippen LogP contribution in [0.4, 0.5) is 0 Å². The molecule has 0 spiro atoms. The summed E-state index contributed by atoms with van der Waals surface area (Å²) in [6.45, 7) is 0.513. The van der Waals surface area contributed by atoms with Gasteiger partial charge in [0.2, 0.25) is 5.91 Å². The average molecular weight is 202 g/mol. The van der Waals surface area contributed by atoms with Gasteiger partial charge in [-0.15, -0.1) is 0 Å². The van der Waals surface area contributed by atoms with Gasteiger partial charge in [-0.2, -0.15) is 5.26 Å². The maximum absolute atomic E-state index is 10.9. The van der Waals surface area contributed by atoms with Crippen LogP contribution in [-0.2, 0) is 9.53 Å². The highest BCUT2D eigenvalue weighted by molar-refractivity contribution is 5.81. The fourth-order valence-electron chi connectivity index (χ4n) is 1.64. The average Bonchev–Trinajstić information content (AvgIpc) is 2.16. The predicted molar refractivity (Wildman–Crippen MR) is 52.8 cm³/mol. The molecule has 4 nitrogen and oxygen atoms in total. The largest absolute Gasteiger partial charge is 0.367 e. The van der Waals surface area contributed by atoms with E-state index >= 15 is 0 Å². The van der Waals surface area contributed by atoms with Crippen molar-refractivity contribution >= 4 is 5.91 Å². The standard InChI is InChI=1S/C11H10N2O2/c12-5-7-1-3-8(4-2-7)9-6-15-10(9)11(13)14/h1-4,9-10H,6H2,(H2,13,14). The maximum atomic E-state index is 10.9. The van der Waals surface area contributed by atoms with E-state index in [4.69, 9.17) is 15.7 Å². The van der Waals surface area contributed by atoms with E-state index in [0.29, 0.717) is 12.2 Å². The van der Waals surface area contributed by atoms with E-state index in [1.54, 1.807) is 12.1 Å². The van der Waals surface area contributed by atoms with Crippen molar-refractivity contribution in [2.75, 3.05) is 6.61 Å². The second-order valence-electron chi connectivity index (χ2n) is 3.50. The number of benzene rings is 1. The first-order chi connectivity index (χ1) is 7.22. The number of primary amides is 1. The van der Waals surface area contributed by atoms with Gasteiger partial charge in [-0.3, -0.25) is 4.79 Å². The zero-order valence-electron chi connectivity index (χ0n) is 8.01. The number of nitriles is 1. The smallest absolute Gasteiger partial charge is 0.247 e. The van der Waals surface area contributed by atoms with E-state index in [1.807, 2.05) is 18.2 Å². The van der Waals surface area contributed by atoms with Crippen LogP contribution in [0.15, 0.2) is 24.3 Å². The van der Waals surface area contributed by atoms with Crippen LogP contribution < -0.4 is 5.73 Å². The molecule has 0 aliphatic carbocycles. The molecule has 2 atom stereocenters. The van der Waals surface area contributed by atoms with Gasteiger partial charge in [-0.05, 0) is 17.7 Å². The van der Waals surface area contributed by atoms with E-state index in [9.17, 15) is 4.79 Å². The molecule has 2 unspecified atom stereocenters. The Bertz CT molecular complexity index is 419. The van der Waals surface area contributed by atoms with Crippen molar-refractivity contribution in [3.05, 3.63) is 35.4 Å². The predicted octanol–water partition coefficient (Wildman–Crippen LogP) is 0.526. The minimum Gasteiger partial charge on any atom is -0.367 e. The molecule has 0 bridgehead atoms. The number of hydrogen-bond acceptors (Lipinski definition) is 3. The molecule has 1 saturated heterocycles. The molecule has 76 valence electrons. The van der Waals surface area contributed by atoms with Gasteiger partial charge in [0.15, 0.2) is 0 Å². The number of nitrogens with two attached hydrogens (primary N) is 1. The van der Waals surface area contributed by atoms with Crippen molar-refractivity contribution in [2.24, 2.45) is 5.73 Å². The summed E-state index contributed by atoms with van der Waals surface area (Å²) in [5.74, 6) is -0.397. The Morgan fingerprint density at radius 1 is 1.47 bits per heavy atom. The summed E-state index contributed by atoms with van der Waals surface area (Å²) in [5, 5.41) is 8.63. The van der Waals surface area contributed by atoms with Crippen LogP contribution in [0.3, 0.4) is 0 Å². The Kier molecular flexibility index (Phi) is 2.40. The molecular formula is C11H10N2O2. The molecule has 1 amide bonds. The molecule has 0 aromatic heterocycles. The minimum absolute atomic E-state index is 0.0373. The molecule has 1 fully saturated rings. The third-order valence-corrected chi connectivity index (χ3v) is 2.57. The summed E-state index contributed by atoms with van der Waals surface area (Å²) >= 11 is 0. The Balaban J connectivity index is 2.17. The van der Waals surface area contributed by atoms with Crippen molar-refractivity contribution in [3.63, 3.8) is 0 Å². The van der Waals surface area contributed by atoms with Gasteiger partial charge in [0.25, 0.3) is 0 Å². The number of amides is 1. The van der Waals surface area contributed by atoms with Crippen molar-refractivity contribution < 1.29 is 9.53 Å². The molecule has 2 rings (SSSR count). The molecular weight excluding hydrogens is 192 g/mol. The highest BCUT2D eigenvalue weighted by Gasteiger charge is 2.37. The van der Waals surface area contributed by atoms with E-state index < -0.39 is 12.0 Å². The summed E-state index contributed by atoms with van der Waals surface area (Å²) in [6.07, 6.45) is -0.516. The second kappa shape index (κ2) is 3.71. The lowest BCUT2D eigenvalue weighted by Gasteiger charge is -2.34. The van der Waals surface area contributed by atoms with Crippen molar-refractivity contribution in [1.29, 1.82) is 5.26 Å². The lowest BCUT2D eigenvalue weighted by atomic mass is 9.89. The zero-order valence-corrected chi connectivity index (χ0v) is 8.01. The summed E-state index contributed by atoms with van der Waals surface area (Å²) in [6, 6.07) is 9.17. The third-order valence-electron chi connectivity index (χ3n) is 2.57. The summed E-state index contributed by atoms with van der Waals surface area (Å²) in [5.41, 5.74) is 6.76. The van der Waals surface area contributed by atoms with Gasteiger partial charge in [0.1, 0.15) is 6.10 Å². The summed E-state index contributed by atoms with van der Waals surface area (Å²) in [4.78, 5) is 10.9. The van der Waals surface area contributed by atoms with Crippen molar-refractivity contribution in [3.8, 4) is 6.07 Å². The number of rotatable bonds is 2. The molecule has 0 radical (unpaired) electrons. The first kappa shape index (κ1) is 9.69. The lowest BCUT2D eigenvalue weighted by Crippen LogP contribution is -2.47. The Morgan fingerprint density at radius 3 is 2.53 bits per heavy atom. The summed E-state index contributed by atoms with van der Waals surface area (Å²) < 4.78 is 5.08. The fourth-order valence-corrected chi connectivity index (χ4v) is 1.64. The van der Waals surface area contributed by atoms with Crippen LogP contribution in [0.5, 0.6) is 0 Å². The van der Waals surface area contributed by atoms with Crippen LogP contribution in [0, 0.1) is 11.3 Å². The third kappa shape index (κ3) is 1.69.